The van der Waals surface area contributed by atoms with Crippen molar-refractivity contribution in [3.8, 4) is 5.88 Å². The summed E-state index contributed by atoms with van der Waals surface area (Å²) in [6.45, 7) is 3.58. The minimum absolute atomic E-state index is 0.393. The molecule has 6 nitrogen and oxygen atoms in total. The van der Waals surface area contributed by atoms with Crippen molar-refractivity contribution in [2.45, 2.75) is 25.8 Å². The van der Waals surface area contributed by atoms with Crippen molar-refractivity contribution in [2.75, 3.05) is 25.6 Å². The van der Waals surface area contributed by atoms with Crippen molar-refractivity contribution in [3.05, 3.63) is 10.9 Å². The number of ether oxygens (including phenoxy) is 1. The number of anilines is 1. The maximum Gasteiger partial charge on any atom is 0.241 e. The average Bonchev–Trinajstić information content (AvgIpc) is 3.20. The number of nitrogen functional groups attached to an aromatic ring is 1. The third kappa shape index (κ3) is 2.84. The van der Waals surface area contributed by atoms with Gasteiger partial charge in [-0.3, -0.25) is 5.43 Å². The molecule has 0 spiro atoms. The van der Waals surface area contributed by atoms with Gasteiger partial charge in [0.15, 0.2) is 0 Å². The molecule has 2 heterocycles. The molecule has 0 aromatic carbocycles. The van der Waals surface area contributed by atoms with Gasteiger partial charge >= 0.3 is 0 Å². The summed E-state index contributed by atoms with van der Waals surface area (Å²) in [5, 5.41) is 0.959. The molecule has 0 unspecified atom stereocenters. The van der Waals surface area contributed by atoms with E-state index in [1.54, 1.807) is 11.3 Å². The number of nitrogens with zero attached hydrogens (tertiary/aromatic N) is 3. The molecule has 2 aromatic heterocycles. The highest BCUT2D eigenvalue weighted by Gasteiger charge is 2.25. The zero-order chi connectivity index (χ0) is 14.1. The van der Waals surface area contributed by atoms with Gasteiger partial charge in [0.05, 0.1) is 5.39 Å². The van der Waals surface area contributed by atoms with E-state index >= 15 is 0 Å². The molecule has 108 valence electrons. The largest absolute Gasteiger partial charge is 0.476 e. The number of hydrogen-bond donors (Lipinski definition) is 2. The minimum Gasteiger partial charge on any atom is -0.476 e. The van der Waals surface area contributed by atoms with Crippen molar-refractivity contribution in [1.82, 2.24) is 14.9 Å². The Morgan fingerprint density at radius 3 is 3.00 bits per heavy atom. The number of thiophene rings is 1. The van der Waals surface area contributed by atoms with Crippen LogP contribution in [0.15, 0.2) is 6.07 Å². The number of likely N-dealkylation sites (N-methyl/N-ethyl adjacent to an activating group) is 1. The van der Waals surface area contributed by atoms with Crippen LogP contribution in [0.5, 0.6) is 5.88 Å². The highest BCUT2D eigenvalue weighted by atomic mass is 32.1. The summed E-state index contributed by atoms with van der Waals surface area (Å²) in [5.74, 6) is 6.41. The number of nitrogens with one attached hydrogen (secondary N) is 1. The molecule has 7 heteroatoms. The standard InChI is InChI=1S/C13H19N5OS/c1-8-7-10-11(15-13(17-14)16-12(10)20-8)19-6-5-18(2)9-3-4-9/h7,9H,3-6,14H2,1-2H3,(H,15,16,17). The van der Waals surface area contributed by atoms with E-state index in [1.807, 2.05) is 6.92 Å². The second-order valence-corrected chi connectivity index (χ2v) is 6.37. The molecule has 0 bridgehead atoms. The molecule has 3 N–H and O–H groups in total. The summed E-state index contributed by atoms with van der Waals surface area (Å²) in [6.07, 6.45) is 2.61. The second-order valence-electron chi connectivity index (χ2n) is 5.13. The lowest BCUT2D eigenvalue weighted by Gasteiger charge is -2.15. The molecule has 1 aliphatic carbocycles. The Bertz CT molecular complexity index is 610. The van der Waals surface area contributed by atoms with Crippen LogP contribution in [0.2, 0.25) is 0 Å². The number of fused-ring (bicyclic) bond motifs is 1. The Labute approximate surface area is 121 Å². The van der Waals surface area contributed by atoms with Crippen LogP contribution in [-0.2, 0) is 0 Å². The van der Waals surface area contributed by atoms with Crippen molar-refractivity contribution in [1.29, 1.82) is 0 Å². The number of rotatable bonds is 6. The van der Waals surface area contributed by atoms with Gasteiger partial charge in [-0.15, -0.1) is 11.3 Å². The second kappa shape index (κ2) is 5.51. The summed E-state index contributed by atoms with van der Waals surface area (Å²) in [7, 11) is 2.14. The Balaban J connectivity index is 1.74. The summed E-state index contributed by atoms with van der Waals surface area (Å²) in [6, 6.07) is 2.80. The quantitative estimate of drug-likeness (QED) is 0.624. The summed E-state index contributed by atoms with van der Waals surface area (Å²) in [5.41, 5.74) is 2.49. The Hall–Kier alpha value is -1.44. The number of aryl methyl sites for hydroxylation is 1. The first-order valence-corrected chi connectivity index (χ1v) is 7.57. The fourth-order valence-electron chi connectivity index (χ4n) is 2.17. The first-order chi connectivity index (χ1) is 9.67. The van der Waals surface area contributed by atoms with E-state index in [0.717, 1.165) is 22.8 Å². The first kappa shape index (κ1) is 13.5. The molecule has 0 saturated heterocycles. The van der Waals surface area contributed by atoms with Gasteiger partial charge in [0.1, 0.15) is 11.4 Å². The highest BCUT2D eigenvalue weighted by molar-refractivity contribution is 7.18. The molecule has 2 aromatic rings. The van der Waals surface area contributed by atoms with Crippen LogP contribution in [0.4, 0.5) is 5.95 Å². The van der Waals surface area contributed by atoms with Gasteiger partial charge in [0.25, 0.3) is 0 Å². The maximum atomic E-state index is 5.84. The summed E-state index contributed by atoms with van der Waals surface area (Å²) >= 11 is 1.61. The topological polar surface area (TPSA) is 76.3 Å². The summed E-state index contributed by atoms with van der Waals surface area (Å²) < 4.78 is 5.84. The van der Waals surface area contributed by atoms with Crippen LogP contribution >= 0.6 is 11.3 Å². The normalized spacial score (nSPS) is 15.0. The van der Waals surface area contributed by atoms with Crippen LogP contribution in [0, 0.1) is 6.92 Å². The molecular weight excluding hydrogens is 274 g/mol. The predicted molar refractivity (Wildman–Crippen MR) is 81.1 cm³/mol. The van der Waals surface area contributed by atoms with Crippen LogP contribution < -0.4 is 16.0 Å². The van der Waals surface area contributed by atoms with Crippen molar-refractivity contribution in [2.24, 2.45) is 5.84 Å². The molecule has 0 atom stereocenters. The lowest BCUT2D eigenvalue weighted by Crippen LogP contribution is -2.26. The van der Waals surface area contributed by atoms with Crippen LogP contribution in [0.25, 0.3) is 10.2 Å². The van der Waals surface area contributed by atoms with Crippen LogP contribution in [0.3, 0.4) is 0 Å². The summed E-state index contributed by atoms with van der Waals surface area (Å²) in [4.78, 5) is 13.1. The van der Waals surface area contributed by atoms with E-state index in [4.69, 9.17) is 10.6 Å². The Kier molecular flexibility index (Phi) is 3.73. The molecule has 1 fully saturated rings. The smallest absolute Gasteiger partial charge is 0.241 e. The van der Waals surface area contributed by atoms with Crippen LogP contribution in [-0.4, -0.2) is 41.1 Å². The van der Waals surface area contributed by atoms with E-state index in [2.05, 4.69) is 33.4 Å². The number of aromatic nitrogens is 2. The number of hydrogen-bond acceptors (Lipinski definition) is 7. The predicted octanol–water partition coefficient (Wildman–Crippen LogP) is 1.76. The van der Waals surface area contributed by atoms with Gasteiger partial charge < -0.3 is 9.64 Å². The molecule has 0 amide bonds. The van der Waals surface area contributed by atoms with E-state index in [9.17, 15) is 0 Å². The van der Waals surface area contributed by atoms with E-state index in [0.29, 0.717) is 18.4 Å². The third-order valence-corrected chi connectivity index (χ3v) is 4.41. The van der Waals surface area contributed by atoms with Crippen LogP contribution in [0.1, 0.15) is 17.7 Å². The van der Waals surface area contributed by atoms with Crippen molar-refractivity contribution < 1.29 is 4.74 Å². The Morgan fingerprint density at radius 1 is 1.50 bits per heavy atom. The molecule has 1 saturated carbocycles. The highest BCUT2D eigenvalue weighted by Crippen LogP contribution is 2.31. The Morgan fingerprint density at radius 2 is 2.30 bits per heavy atom. The molecule has 3 rings (SSSR count). The van der Waals surface area contributed by atoms with Gasteiger partial charge in [-0.25, -0.2) is 10.8 Å². The fourth-order valence-corrected chi connectivity index (χ4v) is 3.04. The van der Waals surface area contributed by atoms with E-state index < -0.39 is 0 Å². The van der Waals surface area contributed by atoms with E-state index in [-0.39, 0.29) is 0 Å². The molecule has 0 radical (unpaired) electrons. The maximum absolute atomic E-state index is 5.84. The van der Waals surface area contributed by atoms with Gasteiger partial charge in [-0.1, -0.05) is 0 Å². The minimum atomic E-state index is 0.393. The molecule has 1 aliphatic rings. The molecule has 20 heavy (non-hydrogen) atoms. The third-order valence-electron chi connectivity index (χ3n) is 3.46. The van der Waals surface area contributed by atoms with Gasteiger partial charge in [0.2, 0.25) is 11.8 Å². The van der Waals surface area contributed by atoms with Crippen molar-refractivity contribution in [3.63, 3.8) is 0 Å². The van der Waals surface area contributed by atoms with Gasteiger partial charge in [-0.2, -0.15) is 4.98 Å². The zero-order valence-corrected chi connectivity index (χ0v) is 12.5. The van der Waals surface area contributed by atoms with Crippen molar-refractivity contribution >= 4 is 27.5 Å². The zero-order valence-electron chi connectivity index (χ0n) is 11.7. The fraction of sp³-hybridized carbons (Fsp3) is 0.538. The number of hydrazine groups is 1. The average molecular weight is 293 g/mol. The number of nitrogens with two attached hydrogens (primary N) is 1. The lowest BCUT2D eigenvalue weighted by molar-refractivity contribution is 0.228. The lowest BCUT2D eigenvalue weighted by atomic mass is 10.3. The first-order valence-electron chi connectivity index (χ1n) is 6.75. The molecule has 0 aliphatic heterocycles. The molecular formula is C13H19N5OS. The monoisotopic (exact) mass is 293 g/mol. The van der Waals surface area contributed by atoms with Gasteiger partial charge in [0, 0.05) is 17.5 Å². The van der Waals surface area contributed by atoms with Gasteiger partial charge in [-0.05, 0) is 32.9 Å². The SMILES string of the molecule is Cc1cc2c(OCCN(C)C3CC3)nc(NN)nc2s1. The van der Waals surface area contributed by atoms with E-state index in [1.165, 1.54) is 17.7 Å².